The van der Waals surface area contributed by atoms with Gasteiger partial charge in [0.15, 0.2) is 0 Å². The van der Waals surface area contributed by atoms with Gasteiger partial charge >= 0.3 is 0 Å². The minimum atomic E-state index is -0.287. The third kappa shape index (κ3) is 4.43. The van der Waals surface area contributed by atoms with Crippen molar-refractivity contribution in [2.45, 2.75) is 32.6 Å². The lowest BCUT2D eigenvalue weighted by atomic mass is 10.0. The van der Waals surface area contributed by atoms with Gasteiger partial charge in [-0.25, -0.2) is 4.39 Å². The van der Waals surface area contributed by atoms with Crippen LogP contribution in [0.5, 0.6) is 0 Å². The molecule has 1 aromatic rings. The summed E-state index contributed by atoms with van der Waals surface area (Å²) in [4.78, 5) is 10.5. The highest BCUT2D eigenvalue weighted by Gasteiger charge is 2.00. The van der Waals surface area contributed by atoms with E-state index in [0.29, 0.717) is 12.0 Å². The van der Waals surface area contributed by atoms with E-state index in [0.717, 1.165) is 24.8 Å². The number of carbonyl (C=O) groups excluding carboxylic acids is 1. The second kappa shape index (κ2) is 5.86. The molecule has 0 aromatic heterocycles. The second-order valence-electron chi connectivity index (χ2n) is 3.65. The Balaban J connectivity index is 2.38. The lowest BCUT2D eigenvalue weighted by Crippen LogP contribution is -1.91. The fourth-order valence-corrected chi connectivity index (χ4v) is 1.59. The predicted molar refractivity (Wildman–Crippen MR) is 59.6 cm³/mol. The second-order valence-corrected chi connectivity index (χ2v) is 4.07. The topological polar surface area (TPSA) is 17.1 Å². The number of hydrogen-bond acceptors (Lipinski definition) is 1. The van der Waals surface area contributed by atoms with Crippen LogP contribution in [0, 0.1) is 12.7 Å². The largest absolute Gasteiger partial charge is 0.281 e. The van der Waals surface area contributed by atoms with Crippen LogP contribution >= 0.6 is 11.6 Å². The summed E-state index contributed by atoms with van der Waals surface area (Å²) in [5.41, 5.74) is 1.77. The molecule has 0 heterocycles. The van der Waals surface area contributed by atoms with Crippen molar-refractivity contribution < 1.29 is 9.18 Å². The Bertz CT molecular complexity index is 349. The number of halogens is 2. The van der Waals surface area contributed by atoms with Gasteiger partial charge in [-0.2, -0.15) is 0 Å². The van der Waals surface area contributed by atoms with Gasteiger partial charge in [-0.05, 0) is 55.0 Å². The highest BCUT2D eigenvalue weighted by Crippen LogP contribution is 2.12. The molecule has 0 saturated carbocycles. The summed E-state index contributed by atoms with van der Waals surface area (Å²) >= 11 is 5.22. The number of aryl methyl sites for hydroxylation is 2. The fourth-order valence-electron chi connectivity index (χ4n) is 1.46. The van der Waals surface area contributed by atoms with Crippen LogP contribution in [-0.2, 0) is 11.2 Å². The maximum Gasteiger partial charge on any atom is 0.221 e. The number of unbranched alkanes of at least 4 members (excludes halogenated alkanes) is 1. The van der Waals surface area contributed by atoms with E-state index in [1.165, 1.54) is 6.07 Å². The van der Waals surface area contributed by atoms with Crippen LogP contribution in [0.3, 0.4) is 0 Å². The first kappa shape index (κ1) is 12.2. The van der Waals surface area contributed by atoms with Crippen molar-refractivity contribution in [1.82, 2.24) is 0 Å². The molecule has 0 aliphatic carbocycles. The number of rotatable bonds is 5. The van der Waals surface area contributed by atoms with Gasteiger partial charge in [0.05, 0.1) is 0 Å². The molecule has 0 aliphatic heterocycles. The zero-order valence-electron chi connectivity index (χ0n) is 8.72. The molecular formula is C12H14ClFO. The minimum Gasteiger partial charge on any atom is -0.281 e. The lowest BCUT2D eigenvalue weighted by molar-refractivity contribution is -0.111. The average Bonchev–Trinajstić information content (AvgIpc) is 2.18. The Kier molecular flexibility index (Phi) is 4.76. The van der Waals surface area contributed by atoms with E-state index in [-0.39, 0.29) is 11.1 Å². The molecule has 1 aromatic carbocycles. The first-order valence-corrected chi connectivity index (χ1v) is 5.41. The van der Waals surface area contributed by atoms with E-state index in [4.69, 9.17) is 11.6 Å². The van der Waals surface area contributed by atoms with Gasteiger partial charge in [-0.3, -0.25) is 4.79 Å². The van der Waals surface area contributed by atoms with Gasteiger partial charge in [0.25, 0.3) is 0 Å². The van der Waals surface area contributed by atoms with E-state index in [2.05, 4.69) is 0 Å². The fraction of sp³-hybridized carbons (Fsp3) is 0.417. The number of hydrogen-bond donors (Lipinski definition) is 0. The van der Waals surface area contributed by atoms with Gasteiger partial charge in [0.1, 0.15) is 5.82 Å². The van der Waals surface area contributed by atoms with Gasteiger partial charge in [0, 0.05) is 6.42 Å². The Labute approximate surface area is 94.3 Å². The van der Waals surface area contributed by atoms with E-state index in [1.807, 2.05) is 6.07 Å². The molecule has 3 heteroatoms. The molecule has 82 valence electrons. The van der Waals surface area contributed by atoms with Crippen LogP contribution < -0.4 is 0 Å². The first-order chi connectivity index (χ1) is 7.09. The lowest BCUT2D eigenvalue weighted by Gasteiger charge is -2.02. The summed E-state index contributed by atoms with van der Waals surface area (Å²) in [6.45, 7) is 1.75. The number of carbonyl (C=O) groups is 1. The van der Waals surface area contributed by atoms with Gasteiger partial charge in [0.2, 0.25) is 5.24 Å². The highest BCUT2D eigenvalue weighted by atomic mass is 35.5. The van der Waals surface area contributed by atoms with E-state index < -0.39 is 0 Å². The Morgan fingerprint density at radius 1 is 1.40 bits per heavy atom. The normalized spacial score (nSPS) is 10.3. The highest BCUT2D eigenvalue weighted by molar-refractivity contribution is 6.63. The quantitative estimate of drug-likeness (QED) is 0.556. The zero-order chi connectivity index (χ0) is 11.3. The molecular weight excluding hydrogens is 215 g/mol. The minimum absolute atomic E-state index is 0.172. The molecule has 0 saturated heterocycles. The Morgan fingerprint density at radius 3 is 2.73 bits per heavy atom. The molecule has 1 rings (SSSR count). The molecule has 0 unspecified atom stereocenters. The third-order valence-corrected chi connectivity index (χ3v) is 2.50. The van der Waals surface area contributed by atoms with E-state index in [9.17, 15) is 9.18 Å². The molecule has 0 bridgehead atoms. The van der Waals surface area contributed by atoms with Crippen molar-refractivity contribution >= 4 is 16.8 Å². The van der Waals surface area contributed by atoms with Gasteiger partial charge < -0.3 is 0 Å². The SMILES string of the molecule is Cc1cc(CCCCC(=O)Cl)ccc1F. The summed E-state index contributed by atoms with van der Waals surface area (Å²) in [5, 5.41) is -0.287. The summed E-state index contributed by atoms with van der Waals surface area (Å²) in [6.07, 6.45) is 2.98. The van der Waals surface area contributed by atoms with Crippen LogP contribution in [0.2, 0.25) is 0 Å². The molecule has 0 spiro atoms. The summed E-state index contributed by atoms with van der Waals surface area (Å²) in [6, 6.07) is 5.11. The van der Waals surface area contributed by atoms with Crippen molar-refractivity contribution in [2.75, 3.05) is 0 Å². The monoisotopic (exact) mass is 228 g/mol. The van der Waals surface area contributed by atoms with Gasteiger partial charge in [-0.1, -0.05) is 12.1 Å². The maximum atomic E-state index is 12.9. The van der Waals surface area contributed by atoms with Crippen LogP contribution in [0.25, 0.3) is 0 Å². The van der Waals surface area contributed by atoms with Crippen molar-refractivity contribution in [2.24, 2.45) is 0 Å². The van der Waals surface area contributed by atoms with Crippen molar-refractivity contribution in [3.8, 4) is 0 Å². The Morgan fingerprint density at radius 2 is 2.13 bits per heavy atom. The predicted octanol–water partition coefficient (Wildman–Crippen LogP) is 3.61. The van der Waals surface area contributed by atoms with Gasteiger partial charge in [-0.15, -0.1) is 0 Å². The summed E-state index contributed by atoms with van der Waals surface area (Å²) in [5.74, 6) is -0.172. The van der Waals surface area contributed by atoms with Crippen LogP contribution in [-0.4, -0.2) is 5.24 Å². The van der Waals surface area contributed by atoms with Crippen molar-refractivity contribution in [3.63, 3.8) is 0 Å². The van der Waals surface area contributed by atoms with Crippen LogP contribution in [0.15, 0.2) is 18.2 Å². The average molecular weight is 229 g/mol. The maximum absolute atomic E-state index is 12.9. The molecule has 0 radical (unpaired) electrons. The molecule has 0 aliphatic rings. The molecule has 0 N–H and O–H groups in total. The zero-order valence-corrected chi connectivity index (χ0v) is 9.48. The van der Waals surface area contributed by atoms with Crippen molar-refractivity contribution in [1.29, 1.82) is 0 Å². The van der Waals surface area contributed by atoms with E-state index in [1.54, 1.807) is 13.0 Å². The first-order valence-electron chi connectivity index (χ1n) is 5.03. The molecule has 0 amide bonds. The smallest absolute Gasteiger partial charge is 0.221 e. The molecule has 0 atom stereocenters. The molecule has 1 nitrogen and oxygen atoms in total. The Hall–Kier alpha value is -0.890. The molecule has 15 heavy (non-hydrogen) atoms. The van der Waals surface area contributed by atoms with Crippen molar-refractivity contribution in [3.05, 3.63) is 35.1 Å². The van der Waals surface area contributed by atoms with Crippen LogP contribution in [0.1, 0.15) is 30.4 Å². The standard InChI is InChI=1S/C12H14ClFO/c1-9-8-10(6-7-11(9)14)4-2-3-5-12(13)15/h6-8H,2-5H2,1H3. The van der Waals surface area contributed by atoms with Crippen LogP contribution in [0.4, 0.5) is 4.39 Å². The summed E-state index contributed by atoms with van der Waals surface area (Å²) < 4.78 is 12.9. The summed E-state index contributed by atoms with van der Waals surface area (Å²) in [7, 11) is 0. The van der Waals surface area contributed by atoms with E-state index >= 15 is 0 Å². The third-order valence-electron chi connectivity index (χ3n) is 2.31. The molecule has 0 fully saturated rings. The number of benzene rings is 1.